The Kier molecular flexibility index (Phi) is 8.05. The summed E-state index contributed by atoms with van der Waals surface area (Å²) in [5, 5.41) is 18.3. The number of hydrogen-bond acceptors (Lipinski definition) is 8. The van der Waals surface area contributed by atoms with Gasteiger partial charge in [0.15, 0.2) is 0 Å². The van der Waals surface area contributed by atoms with Crippen LogP contribution in [0.25, 0.3) is 22.3 Å². The maximum atomic E-state index is 13.4. The molecule has 42 heavy (non-hydrogen) atoms. The molecule has 1 saturated carbocycles. The fourth-order valence-corrected chi connectivity index (χ4v) is 9.01. The Morgan fingerprint density at radius 2 is 2.02 bits per heavy atom. The number of H-pyrrole nitrogens is 1. The molecule has 4 aromatic heterocycles. The predicted molar refractivity (Wildman–Crippen MR) is 152 cm³/mol. The van der Waals surface area contributed by atoms with Crippen LogP contribution in [0.3, 0.4) is 0 Å². The van der Waals surface area contributed by atoms with Crippen LogP contribution in [-0.2, 0) is 18.3 Å². The van der Waals surface area contributed by atoms with Gasteiger partial charge in [0.05, 0.1) is 0 Å². The fraction of sp³-hybridized carbons (Fsp3) is 0.500. The standard InChI is InChI=1S/C28H32AsF3N10/c1-2-34-15-20-11-23(40-26(39-20)28(30,31)32)29-19-4-9-41(10-5-19)21-12-27(13-21,6-7-33)42-16-18(14-38-42)24-22-3-8-35-25(22)37-17-36-24/h3,8,11,14,16-17,19,21,29,34H,2,4-6,9-10,12-13,15H2,1H3,(H,35,36,37). The molecule has 2 N–H and O–H groups in total. The van der Waals surface area contributed by atoms with Crippen molar-refractivity contribution in [3.05, 3.63) is 48.6 Å². The minimum atomic E-state index is -4.55. The molecule has 10 nitrogen and oxygen atoms in total. The van der Waals surface area contributed by atoms with Gasteiger partial charge >= 0.3 is 214 Å². The van der Waals surface area contributed by atoms with Gasteiger partial charge in [-0.3, -0.25) is 0 Å². The van der Waals surface area contributed by atoms with Crippen molar-refractivity contribution in [3.8, 4) is 17.3 Å². The van der Waals surface area contributed by atoms with Gasteiger partial charge in [-0.25, -0.2) is 4.98 Å². The van der Waals surface area contributed by atoms with Gasteiger partial charge in [-0.05, 0) is 6.07 Å². The molecule has 220 valence electrons. The number of halogens is 3. The van der Waals surface area contributed by atoms with Crippen molar-refractivity contribution in [2.45, 2.75) is 68.0 Å². The third-order valence-corrected chi connectivity index (χ3v) is 11.5. The van der Waals surface area contributed by atoms with E-state index >= 15 is 0 Å². The molecule has 0 amide bonds. The van der Waals surface area contributed by atoms with Gasteiger partial charge in [0.25, 0.3) is 0 Å². The number of alkyl halides is 3. The van der Waals surface area contributed by atoms with E-state index in [-0.39, 0.29) is 5.54 Å². The zero-order chi connectivity index (χ0) is 29.3. The summed E-state index contributed by atoms with van der Waals surface area (Å²) < 4.78 is 43.2. The van der Waals surface area contributed by atoms with E-state index in [1.54, 1.807) is 12.3 Å². The molecule has 0 aromatic carbocycles. The molecule has 5 heterocycles. The summed E-state index contributed by atoms with van der Waals surface area (Å²) in [5.41, 5.74) is 2.51. The molecule has 2 fully saturated rings. The van der Waals surface area contributed by atoms with Crippen molar-refractivity contribution >= 4 is 31.3 Å². The molecule has 0 radical (unpaired) electrons. The Bertz CT molecular complexity index is 1580. The van der Waals surface area contributed by atoms with Gasteiger partial charge in [-0.1, -0.05) is 0 Å². The number of nitrogens with one attached hydrogen (secondary N) is 2. The average molecular weight is 641 g/mol. The van der Waals surface area contributed by atoms with Crippen molar-refractivity contribution in [2.75, 3.05) is 19.6 Å². The van der Waals surface area contributed by atoms with Gasteiger partial charge < -0.3 is 4.98 Å². The summed E-state index contributed by atoms with van der Waals surface area (Å²) >= 11 is -0.847. The Balaban J connectivity index is 1.09. The molecule has 1 saturated heterocycles. The zero-order valence-electron chi connectivity index (χ0n) is 23.2. The topological polar surface area (TPSA) is 124 Å². The van der Waals surface area contributed by atoms with Crippen LogP contribution in [0.2, 0.25) is 4.71 Å². The molecular formula is C28H32AsF3N10. The molecule has 2 aliphatic rings. The summed E-state index contributed by atoms with van der Waals surface area (Å²) in [6.07, 6.45) is 6.54. The van der Waals surface area contributed by atoms with Crippen molar-refractivity contribution in [1.29, 1.82) is 5.26 Å². The molecule has 4 aromatic rings. The number of piperidine rings is 1. The van der Waals surface area contributed by atoms with Gasteiger partial charge in [0, 0.05) is 6.20 Å². The minimum absolute atomic E-state index is 0.305. The second-order valence-electron chi connectivity index (χ2n) is 11.1. The van der Waals surface area contributed by atoms with Crippen LogP contribution >= 0.6 is 0 Å². The Morgan fingerprint density at radius 3 is 2.76 bits per heavy atom. The SMILES string of the molecule is CCNCc1cc([AsH]C2CCN(C3CC(CC#N)(n4cc(-c5ncnc6[nH]ccc56)cn4)C3)CC2)nc(C(F)(F)F)n1. The van der Waals surface area contributed by atoms with Crippen LogP contribution in [0.4, 0.5) is 13.2 Å². The summed E-state index contributed by atoms with van der Waals surface area (Å²) in [6.45, 7) is 4.68. The van der Waals surface area contributed by atoms with Crippen molar-refractivity contribution in [2.24, 2.45) is 0 Å². The van der Waals surface area contributed by atoms with Gasteiger partial charge in [0.2, 0.25) is 0 Å². The van der Waals surface area contributed by atoms with E-state index in [0.717, 1.165) is 61.1 Å². The molecule has 1 aliphatic heterocycles. The third kappa shape index (κ3) is 5.80. The van der Waals surface area contributed by atoms with E-state index < -0.39 is 27.8 Å². The van der Waals surface area contributed by atoms with Crippen LogP contribution in [0.15, 0.2) is 37.1 Å². The number of nitrogens with zero attached hydrogens (tertiary/aromatic N) is 8. The molecule has 6 rings (SSSR count). The van der Waals surface area contributed by atoms with E-state index in [4.69, 9.17) is 0 Å². The second kappa shape index (κ2) is 11.7. The van der Waals surface area contributed by atoms with Crippen LogP contribution < -0.4 is 9.80 Å². The van der Waals surface area contributed by atoms with Gasteiger partial charge in [-0.15, -0.1) is 0 Å². The fourth-order valence-electron chi connectivity index (χ4n) is 6.10. The first-order chi connectivity index (χ1) is 20.3. The zero-order valence-corrected chi connectivity index (χ0v) is 25.3. The number of hydrogen-bond donors (Lipinski definition) is 2. The summed E-state index contributed by atoms with van der Waals surface area (Å²) in [4.78, 5) is 22.0. The van der Waals surface area contributed by atoms with Crippen LogP contribution in [-0.4, -0.2) is 81.0 Å². The average Bonchev–Trinajstić information content (AvgIpc) is 3.64. The molecule has 14 heteroatoms. The van der Waals surface area contributed by atoms with Crippen LogP contribution in [0.5, 0.6) is 0 Å². The molecule has 1 unspecified atom stereocenters. The first-order valence-corrected chi connectivity index (χ1v) is 16.4. The molecule has 1 atom stereocenters. The Morgan fingerprint density at radius 1 is 1.21 bits per heavy atom. The number of aromatic nitrogens is 7. The van der Waals surface area contributed by atoms with E-state index in [1.165, 1.54) is 6.33 Å². The number of rotatable bonds is 9. The maximum absolute atomic E-state index is 13.4. The Hall–Kier alpha value is -3.33. The molecule has 0 spiro atoms. The predicted octanol–water partition coefficient (Wildman–Crippen LogP) is 3.16. The summed E-state index contributed by atoms with van der Waals surface area (Å²) in [5.74, 6) is -1.03. The van der Waals surface area contributed by atoms with E-state index in [9.17, 15) is 18.4 Å². The van der Waals surface area contributed by atoms with Crippen LogP contribution in [0, 0.1) is 11.3 Å². The van der Waals surface area contributed by atoms with Crippen molar-refractivity contribution < 1.29 is 13.2 Å². The number of aromatic amines is 1. The quantitative estimate of drug-likeness (QED) is 0.268. The molecule has 0 bridgehead atoms. The summed E-state index contributed by atoms with van der Waals surface area (Å²) in [6, 6.07) is 6.43. The van der Waals surface area contributed by atoms with Crippen molar-refractivity contribution in [3.63, 3.8) is 0 Å². The van der Waals surface area contributed by atoms with Gasteiger partial charge in [-0.2, -0.15) is 0 Å². The first-order valence-electron chi connectivity index (χ1n) is 14.1. The molecule has 1 aliphatic carbocycles. The first kappa shape index (κ1) is 28.8. The number of likely N-dealkylation sites (tertiary alicyclic amines) is 1. The van der Waals surface area contributed by atoms with E-state index in [0.29, 0.717) is 40.4 Å². The van der Waals surface area contributed by atoms with E-state index in [1.807, 2.05) is 30.1 Å². The summed E-state index contributed by atoms with van der Waals surface area (Å²) in [7, 11) is 0. The second-order valence-corrected chi connectivity index (χ2v) is 14.5. The van der Waals surface area contributed by atoms with Gasteiger partial charge in [0.1, 0.15) is 12.0 Å². The third-order valence-electron chi connectivity index (χ3n) is 8.32. The molecular weight excluding hydrogens is 608 g/mol. The van der Waals surface area contributed by atoms with Crippen molar-refractivity contribution in [1.82, 2.24) is 44.9 Å². The monoisotopic (exact) mass is 640 g/mol. The number of nitriles is 1. The normalized spacial score (nSPS) is 22.1. The number of fused-ring (bicyclic) bond motifs is 1. The van der Waals surface area contributed by atoms with E-state index in [2.05, 4.69) is 46.3 Å². The Labute approximate surface area is 247 Å². The van der Waals surface area contributed by atoms with Crippen LogP contribution in [0.1, 0.15) is 50.5 Å².